The number of pyridine rings is 1. The van der Waals surface area contributed by atoms with Crippen LogP contribution < -0.4 is 0 Å². The zero-order valence-corrected chi connectivity index (χ0v) is 7.94. The number of hydrogen-bond donors (Lipinski definition) is 0. The van der Waals surface area contributed by atoms with Gasteiger partial charge in [-0.15, -0.1) is 0 Å². The van der Waals surface area contributed by atoms with Crippen molar-refractivity contribution in [3.05, 3.63) is 30.1 Å². The van der Waals surface area contributed by atoms with Gasteiger partial charge in [-0.1, -0.05) is 0 Å². The van der Waals surface area contributed by atoms with Crippen LogP contribution in [0.3, 0.4) is 0 Å². The number of nitrogens with zero attached hydrogens (tertiary/aromatic N) is 2. The molecule has 1 aromatic rings. The molecule has 0 aliphatic carbocycles. The third kappa shape index (κ3) is 1.49. The van der Waals surface area contributed by atoms with Crippen LogP contribution in [0.4, 0.5) is 0 Å². The molecule has 1 aliphatic rings. The summed E-state index contributed by atoms with van der Waals surface area (Å²) in [5.41, 5.74) is 0.722. The molecule has 2 rings (SSSR count). The molecule has 1 saturated heterocycles. The highest BCUT2D eigenvalue weighted by atomic mass is 16.5. The summed E-state index contributed by atoms with van der Waals surface area (Å²) in [7, 11) is 0. The third-order valence-electron chi connectivity index (χ3n) is 2.79. The number of hydrogen-bond acceptors (Lipinski definition) is 3. The van der Waals surface area contributed by atoms with Gasteiger partial charge < -0.3 is 4.74 Å². The Balaban J connectivity index is 2.33. The molecular formula is C11H12N2O. The summed E-state index contributed by atoms with van der Waals surface area (Å²) in [5.74, 6) is 0. The van der Waals surface area contributed by atoms with E-state index >= 15 is 0 Å². The molecule has 0 bridgehead atoms. The van der Waals surface area contributed by atoms with E-state index in [-0.39, 0.29) is 5.41 Å². The van der Waals surface area contributed by atoms with Gasteiger partial charge >= 0.3 is 0 Å². The zero-order valence-electron chi connectivity index (χ0n) is 7.94. The Hall–Kier alpha value is -1.40. The zero-order chi connectivity index (χ0) is 9.86. The lowest BCUT2D eigenvalue weighted by Gasteiger charge is -2.30. The predicted molar refractivity (Wildman–Crippen MR) is 51.6 cm³/mol. The predicted octanol–water partition coefficient (Wildman–Crippen LogP) is 1.65. The second-order valence-electron chi connectivity index (χ2n) is 3.54. The molecule has 0 saturated carbocycles. The lowest BCUT2D eigenvalue weighted by molar-refractivity contribution is 0.0675. The van der Waals surface area contributed by atoms with Gasteiger partial charge in [0.05, 0.1) is 11.5 Å². The summed E-state index contributed by atoms with van der Waals surface area (Å²) in [4.78, 5) is 3.96. The van der Waals surface area contributed by atoms with Crippen LogP contribution in [-0.2, 0) is 10.2 Å². The first-order valence-corrected chi connectivity index (χ1v) is 4.77. The van der Waals surface area contributed by atoms with E-state index in [1.807, 2.05) is 12.1 Å². The van der Waals surface area contributed by atoms with Crippen LogP contribution in [0.15, 0.2) is 24.5 Å². The molecule has 72 valence electrons. The fourth-order valence-electron chi connectivity index (χ4n) is 1.86. The minimum Gasteiger partial charge on any atom is -0.381 e. The van der Waals surface area contributed by atoms with Crippen LogP contribution in [0.5, 0.6) is 0 Å². The van der Waals surface area contributed by atoms with Crippen molar-refractivity contribution in [2.45, 2.75) is 18.3 Å². The van der Waals surface area contributed by atoms with E-state index in [0.29, 0.717) is 13.2 Å². The smallest absolute Gasteiger partial charge is 0.0867 e. The quantitative estimate of drug-likeness (QED) is 0.673. The first-order chi connectivity index (χ1) is 6.87. The van der Waals surface area contributed by atoms with E-state index in [4.69, 9.17) is 4.74 Å². The van der Waals surface area contributed by atoms with Crippen LogP contribution in [0.1, 0.15) is 18.4 Å². The normalized spacial score (nSPS) is 19.9. The van der Waals surface area contributed by atoms with Crippen LogP contribution in [0.2, 0.25) is 0 Å². The molecule has 3 heteroatoms. The van der Waals surface area contributed by atoms with Crippen molar-refractivity contribution in [2.75, 3.05) is 13.2 Å². The number of rotatable bonds is 1. The number of aromatic nitrogens is 1. The van der Waals surface area contributed by atoms with E-state index < -0.39 is 0 Å². The Kier molecular flexibility index (Phi) is 2.47. The van der Waals surface area contributed by atoms with Crippen LogP contribution in [0, 0.1) is 11.3 Å². The molecular weight excluding hydrogens is 176 g/mol. The van der Waals surface area contributed by atoms with Gasteiger partial charge in [-0.2, -0.15) is 5.26 Å². The molecule has 0 atom stereocenters. The maximum atomic E-state index is 9.27. The fraction of sp³-hybridized carbons (Fsp3) is 0.455. The van der Waals surface area contributed by atoms with Crippen molar-refractivity contribution >= 4 is 0 Å². The molecule has 0 amide bonds. The Bertz CT molecular complexity index is 336. The van der Waals surface area contributed by atoms with Crippen molar-refractivity contribution in [2.24, 2.45) is 0 Å². The van der Waals surface area contributed by atoms with Crippen LogP contribution >= 0.6 is 0 Å². The van der Waals surface area contributed by atoms with Gasteiger partial charge in [-0.25, -0.2) is 0 Å². The maximum Gasteiger partial charge on any atom is 0.0867 e. The molecule has 1 fully saturated rings. The summed E-state index contributed by atoms with van der Waals surface area (Å²) >= 11 is 0. The minimum absolute atomic E-state index is 0.346. The van der Waals surface area contributed by atoms with Gasteiger partial charge in [0.15, 0.2) is 0 Å². The second-order valence-corrected chi connectivity index (χ2v) is 3.54. The van der Waals surface area contributed by atoms with Gasteiger partial charge in [0, 0.05) is 25.6 Å². The van der Waals surface area contributed by atoms with E-state index in [2.05, 4.69) is 11.1 Å². The molecule has 1 aromatic heterocycles. The summed E-state index contributed by atoms with van der Waals surface area (Å²) < 4.78 is 5.28. The molecule has 14 heavy (non-hydrogen) atoms. The highest BCUT2D eigenvalue weighted by molar-refractivity contribution is 5.31. The van der Waals surface area contributed by atoms with Gasteiger partial charge in [0.1, 0.15) is 0 Å². The monoisotopic (exact) mass is 188 g/mol. The number of nitriles is 1. The van der Waals surface area contributed by atoms with Crippen molar-refractivity contribution in [3.8, 4) is 6.07 Å². The van der Waals surface area contributed by atoms with Gasteiger partial charge in [-0.05, 0) is 30.5 Å². The SMILES string of the molecule is N#CC1(c2ccncc2)CCOCC1. The summed E-state index contributed by atoms with van der Waals surface area (Å²) in [6.45, 7) is 1.35. The summed E-state index contributed by atoms with van der Waals surface area (Å²) in [5, 5.41) is 9.27. The second kappa shape index (κ2) is 3.77. The van der Waals surface area contributed by atoms with Crippen molar-refractivity contribution < 1.29 is 4.74 Å². The van der Waals surface area contributed by atoms with Crippen molar-refractivity contribution in [3.63, 3.8) is 0 Å². The minimum atomic E-state index is -0.346. The molecule has 0 radical (unpaired) electrons. The lowest BCUT2D eigenvalue weighted by Crippen LogP contribution is -2.32. The molecule has 0 aromatic carbocycles. The Morgan fingerprint density at radius 2 is 1.93 bits per heavy atom. The third-order valence-corrected chi connectivity index (χ3v) is 2.79. The van der Waals surface area contributed by atoms with Crippen molar-refractivity contribution in [1.82, 2.24) is 4.98 Å². The highest BCUT2D eigenvalue weighted by Crippen LogP contribution is 2.33. The van der Waals surface area contributed by atoms with Gasteiger partial charge in [0.2, 0.25) is 0 Å². The van der Waals surface area contributed by atoms with Crippen LogP contribution in [0.25, 0.3) is 0 Å². The maximum absolute atomic E-state index is 9.27. The molecule has 1 aliphatic heterocycles. The van der Waals surface area contributed by atoms with Crippen LogP contribution in [-0.4, -0.2) is 18.2 Å². The standard InChI is InChI=1S/C11H12N2O/c12-9-11(3-7-14-8-4-11)10-1-5-13-6-2-10/h1-2,5-6H,3-4,7-8H2. The topological polar surface area (TPSA) is 45.9 Å². The summed E-state index contributed by atoms with van der Waals surface area (Å²) in [6, 6.07) is 6.28. The van der Waals surface area contributed by atoms with E-state index in [0.717, 1.165) is 18.4 Å². The van der Waals surface area contributed by atoms with E-state index in [1.165, 1.54) is 0 Å². The van der Waals surface area contributed by atoms with Gasteiger partial charge in [-0.3, -0.25) is 4.98 Å². The van der Waals surface area contributed by atoms with E-state index in [9.17, 15) is 5.26 Å². The Morgan fingerprint density at radius 1 is 1.29 bits per heavy atom. The van der Waals surface area contributed by atoms with E-state index in [1.54, 1.807) is 12.4 Å². The average molecular weight is 188 g/mol. The first kappa shape index (κ1) is 9.17. The first-order valence-electron chi connectivity index (χ1n) is 4.77. The molecule has 0 unspecified atom stereocenters. The largest absolute Gasteiger partial charge is 0.381 e. The fourth-order valence-corrected chi connectivity index (χ4v) is 1.86. The molecule has 2 heterocycles. The highest BCUT2D eigenvalue weighted by Gasteiger charge is 2.34. The Morgan fingerprint density at radius 3 is 2.50 bits per heavy atom. The molecule has 0 spiro atoms. The van der Waals surface area contributed by atoms with Gasteiger partial charge in [0.25, 0.3) is 0 Å². The van der Waals surface area contributed by atoms with Crippen molar-refractivity contribution in [1.29, 1.82) is 5.26 Å². The molecule has 0 N–H and O–H groups in total. The lowest BCUT2D eigenvalue weighted by atomic mass is 9.76. The molecule has 3 nitrogen and oxygen atoms in total. The summed E-state index contributed by atoms with van der Waals surface area (Å²) in [6.07, 6.45) is 5.05. The average Bonchev–Trinajstić information content (AvgIpc) is 2.31. The number of ether oxygens (including phenoxy) is 1. The Labute approximate surface area is 83.3 Å².